The smallest absolute Gasteiger partial charge is 0.273 e. The van der Waals surface area contributed by atoms with Crippen molar-refractivity contribution in [1.29, 1.82) is 5.26 Å². The van der Waals surface area contributed by atoms with Crippen LogP contribution in [-0.4, -0.2) is 15.9 Å². The van der Waals surface area contributed by atoms with Gasteiger partial charge in [0.05, 0.1) is 16.7 Å². The van der Waals surface area contributed by atoms with Crippen molar-refractivity contribution >= 4 is 46.7 Å². The molecule has 13 heteroatoms. The lowest BCUT2D eigenvalue weighted by atomic mass is 10.2. The minimum absolute atomic E-state index is 0.0274. The Balaban J connectivity index is 1.81. The van der Waals surface area contributed by atoms with Crippen molar-refractivity contribution in [3.63, 3.8) is 0 Å². The summed E-state index contributed by atoms with van der Waals surface area (Å²) in [6.07, 6.45) is 0. The number of aromatic nitrogens is 2. The molecule has 0 aliphatic carbocycles. The number of nitriles is 1. The summed E-state index contributed by atoms with van der Waals surface area (Å²) in [4.78, 5) is 21.0. The Kier molecular flexibility index (Phi) is 6.84. The predicted molar refractivity (Wildman–Crippen MR) is 111 cm³/mol. The number of hydrogen-bond donors (Lipinski definition) is 2. The van der Waals surface area contributed by atoms with E-state index in [9.17, 15) is 9.18 Å². The Morgan fingerprint density at radius 3 is 2.84 bits per heavy atom. The molecule has 0 atom stereocenters. The second-order valence-electron chi connectivity index (χ2n) is 5.83. The van der Waals surface area contributed by atoms with Crippen LogP contribution in [-0.2, 0) is 6.54 Å². The topological polar surface area (TPSA) is 140 Å². The van der Waals surface area contributed by atoms with Gasteiger partial charge in [-0.25, -0.2) is 9.37 Å². The number of aromatic amines is 1. The van der Waals surface area contributed by atoms with E-state index < -0.39 is 11.7 Å². The van der Waals surface area contributed by atoms with Crippen molar-refractivity contribution in [2.75, 3.05) is 0 Å². The lowest BCUT2D eigenvalue weighted by Crippen LogP contribution is -2.24. The first kappa shape index (κ1) is 22.2. The standard InChI is InChI=1S/C18H9Cl3FN7O2/c19-10-3-8(6-23)4-11(5-10)31-15-12(20)2-1-9(13(15)22)7-25-17(30)14-16(21)27-18(26-14)28-29-24/h1-5H,7H2,(H,25,30)(H,26,27). The quantitative estimate of drug-likeness (QED) is 0.252. The second-order valence-corrected chi connectivity index (χ2v) is 7.06. The van der Waals surface area contributed by atoms with Gasteiger partial charge in [0.15, 0.2) is 23.2 Å². The third-order valence-corrected chi connectivity index (χ3v) is 4.58. The summed E-state index contributed by atoms with van der Waals surface area (Å²) in [5.41, 5.74) is 8.46. The van der Waals surface area contributed by atoms with Crippen LogP contribution in [0.3, 0.4) is 0 Å². The molecule has 1 heterocycles. The van der Waals surface area contributed by atoms with Crippen LogP contribution in [0.4, 0.5) is 10.3 Å². The van der Waals surface area contributed by atoms with E-state index in [1.807, 2.05) is 6.07 Å². The number of azide groups is 1. The van der Waals surface area contributed by atoms with Crippen molar-refractivity contribution < 1.29 is 13.9 Å². The number of hydrogen-bond acceptors (Lipinski definition) is 5. The Labute approximate surface area is 188 Å². The van der Waals surface area contributed by atoms with Gasteiger partial charge >= 0.3 is 0 Å². The number of ether oxygens (including phenoxy) is 1. The number of carbonyl (C=O) groups is 1. The minimum Gasteiger partial charge on any atom is -0.453 e. The van der Waals surface area contributed by atoms with Gasteiger partial charge in [0.2, 0.25) is 0 Å². The van der Waals surface area contributed by atoms with E-state index in [-0.39, 0.29) is 56.0 Å². The van der Waals surface area contributed by atoms with E-state index in [1.54, 1.807) is 0 Å². The molecular weight excluding hydrogens is 472 g/mol. The fraction of sp³-hybridized carbons (Fsp3) is 0.0556. The number of imidazole rings is 1. The van der Waals surface area contributed by atoms with E-state index in [2.05, 4.69) is 25.3 Å². The number of H-pyrrole nitrogens is 1. The monoisotopic (exact) mass is 479 g/mol. The van der Waals surface area contributed by atoms with Gasteiger partial charge in [-0.1, -0.05) is 40.9 Å². The Hall–Kier alpha value is -3.48. The summed E-state index contributed by atoms with van der Waals surface area (Å²) < 4.78 is 20.5. The largest absolute Gasteiger partial charge is 0.453 e. The van der Waals surface area contributed by atoms with Gasteiger partial charge in [0.25, 0.3) is 5.91 Å². The van der Waals surface area contributed by atoms with Crippen LogP contribution in [0.15, 0.2) is 35.4 Å². The Morgan fingerprint density at radius 1 is 1.35 bits per heavy atom. The number of benzene rings is 2. The molecule has 0 fully saturated rings. The highest BCUT2D eigenvalue weighted by Gasteiger charge is 2.19. The molecule has 0 bridgehead atoms. The van der Waals surface area contributed by atoms with Gasteiger partial charge in [-0.3, -0.25) is 4.79 Å². The highest BCUT2D eigenvalue weighted by molar-refractivity contribution is 6.33. The van der Waals surface area contributed by atoms with E-state index in [0.717, 1.165) is 0 Å². The van der Waals surface area contributed by atoms with E-state index in [1.165, 1.54) is 30.3 Å². The lowest BCUT2D eigenvalue weighted by Gasteiger charge is -2.13. The summed E-state index contributed by atoms with van der Waals surface area (Å²) in [6, 6.07) is 8.85. The third kappa shape index (κ3) is 5.17. The van der Waals surface area contributed by atoms with Gasteiger partial charge in [-0.15, -0.1) is 0 Å². The van der Waals surface area contributed by atoms with Gasteiger partial charge in [-0.2, -0.15) is 5.26 Å². The van der Waals surface area contributed by atoms with Crippen LogP contribution in [0.25, 0.3) is 10.4 Å². The normalized spacial score (nSPS) is 10.2. The van der Waals surface area contributed by atoms with Crippen LogP contribution < -0.4 is 10.1 Å². The number of carbonyl (C=O) groups excluding carboxylic acids is 1. The van der Waals surface area contributed by atoms with Crippen molar-refractivity contribution in [1.82, 2.24) is 15.3 Å². The molecule has 1 amide bonds. The molecule has 2 N–H and O–H groups in total. The molecule has 0 unspecified atom stereocenters. The lowest BCUT2D eigenvalue weighted by molar-refractivity contribution is 0.0946. The Bertz CT molecular complexity index is 1270. The first-order valence-electron chi connectivity index (χ1n) is 8.26. The summed E-state index contributed by atoms with van der Waals surface area (Å²) in [7, 11) is 0. The molecule has 0 saturated carbocycles. The number of nitrogens with zero attached hydrogens (tertiary/aromatic N) is 5. The second kappa shape index (κ2) is 9.55. The molecule has 9 nitrogen and oxygen atoms in total. The molecule has 0 aliphatic heterocycles. The average molecular weight is 481 g/mol. The summed E-state index contributed by atoms with van der Waals surface area (Å²) in [5.74, 6) is -1.94. The molecule has 2 aromatic carbocycles. The third-order valence-electron chi connectivity index (χ3n) is 3.79. The van der Waals surface area contributed by atoms with Gasteiger partial charge in [0, 0.05) is 22.0 Å². The average Bonchev–Trinajstić information content (AvgIpc) is 3.10. The van der Waals surface area contributed by atoms with E-state index in [4.69, 9.17) is 50.3 Å². The van der Waals surface area contributed by atoms with Crippen LogP contribution in [0, 0.1) is 17.1 Å². The first-order chi connectivity index (χ1) is 14.8. The molecule has 31 heavy (non-hydrogen) atoms. The van der Waals surface area contributed by atoms with Crippen molar-refractivity contribution in [3.05, 3.63) is 78.6 Å². The van der Waals surface area contributed by atoms with Crippen molar-refractivity contribution in [2.24, 2.45) is 5.11 Å². The van der Waals surface area contributed by atoms with Crippen LogP contribution in [0.5, 0.6) is 11.5 Å². The molecule has 0 saturated heterocycles. The van der Waals surface area contributed by atoms with Gasteiger partial charge < -0.3 is 15.0 Å². The van der Waals surface area contributed by atoms with Gasteiger partial charge in [0.1, 0.15) is 10.9 Å². The number of amides is 1. The Morgan fingerprint density at radius 2 is 2.13 bits per heavy atom. The number of halogens is 4. The van der Waals surface area contributed by atoms with Crippen LogP contribution >= 0.6 is 34.8 Å². The SMILES string of the molecule is N#Cc1cc(Cl)cc(Oc2c(Cl)ccc(CNC(=O)c3nc(N=[N+]=[N-])[nH]c3Cl)c2F)c1. The van der Waals surface area contributed by atoms with Crippen molar-refractivity contribution in [2.45, 2.75) is 6.54 Å². The van der Waals surface area contributed by atoms with E-state index >= 15 is 0 Å². The van der Waals surface area contributed by atoms with Crippen LogP contribution in [0.2, 0.25) is 15.2 Å². The minimum atomic E-state index is -0.825. The highest BCUT2D eigenvalue weighted by Crippen LogP contribution is 2.35. The molecular formula is C18H9Cl3FN7O2. The molecule has 3 rings (SSSR count). The summed E-state index contributed by atoms with van der Waals surface area (Å²) >= 11 is 17.8. The maximum atomic E-state index is 15.0. The van der Waals surface area contributed by atoms with Crippen LogP contribution in [0.1, 0.15) is 21.6 Å². The zero-order valence-corrected chi connectivity index (χ0v) is 17.4. The van der Waals surface area contributed by atoms with Gasteiger partial charge in [-0.05, 0) is 34.9 Å². The van der Waals surface area contributed by atoms with E-state index in [0.29, 0.717) is 0 Å². The fourth-order valence-corrected chi connectivity index (χ4v) is 3.07. The first-order valence-corrected chi connectivity index (χ1v) is 9.40. The molecule has 0 radical (unpaired) electrons. The maximum absolute atomic E-state index is 15.0. The summed E-state index contributed by atoms with van der Waals surface area (Å²) in [6.45, 7) is -0.253. The highest BCUT2D eigenvalue weighted by atomic mass is 35.5. The molecule has 3 aromatic rings. The zero-order chi connectivity index (χ0) is 22.5. The predicted octanol–water partition coefficient (Wildman–Crippen LogP) is 6.04. The number of nitrogens with one attached hydrogen (secondary N) is 2. The van der Waals surface area contributed by atoms with Crippen molar-refractivity contribution in [3.8, 4) is 17.6 Å². The molecule has 0 spiro atoms. The molecule has 156 valence electrons. The fourth-order valence-electron chi connectivity index (χ4n) is 2.45. The molecule has 1 aromatic heterocycles. The molecule has 0 aliphatic rings. The number of rotatable bonds is 6. The zero-order valence-electron chi connectivity index (χ0n) is 15.2. The summed E-state index contributed by atoms with van der Waals surface area (Å²) in [5, 5.41) is 14.7. The maximum Gasteiger partial charge on any atom is 0.273 e.